The van der Waals surface area contributed by atoms with Gasteiger partial charge in [0.15, 0.2) is 0 Å². The summed E-state index contributed by atoms with van der Waals surface area (Å²) < 4.78 is 5.99. The Hall–Kier alpha value is -1.45. The molecule has 1 unspecified atom stereocenters. The van der Waals surface area contributed by atoms with Crippen molar-refractivity contribution in [2.75, 3.05) is 5.75 Å². The minimum Gasteiger partial charge on any atom is -0.489 e. The SMILES string of the molecule is Cc1ccc2c(c1)CC(CSc1cccc(CN)c1)O2. The van der Waals surface area contributed by atoms with Gasteiger partial charge in [0.25, 0.3) is 0 Å². The van der Waals surface area contributed by atoms with Gasteiger partial charge in [-0.3, -0.25) is 0 Å². The Bertz CT molecular complexity index is 612. The van der Waals surface area contributed by atoms with Crippen molar-refractivity contribution in [1.82, 2.24) is 0 Å². The topological polar surface area (TPSA) is 35.2 Å². The van der Waals surface area contributed by atoms with Gasteiger partial charge in [-0.2, -0.15) is 0 Å². The summed E-state index contributed by atoms with van der Waals surface area (Å²) in [6, 6.07) is 14.9. The van der Waals surface area contributed by atoms with E-state index in [2.05, 4.69) is 49.4 Å². The lowest BCUT2D eigenvalue weighted by atomic mass is 10.1. The summed E-state index contributed by atoms with van der Waals surface area (Å²) in [7, 11) is 0. The summed E-state index contributed by atoms with van der Waals surface area (Å²) in [6.07, 6.45) is 1.29. The number of hydrogen-bond donors (Lipinski definition) is 1. The zero-order chi connectivity index (χ0) is 13.9. The van der Waals surface area contributed by atoms with Crippen LogP contribution in [0.15, 0.2) is 47.4 Å². The molecule has 0 radical (unpaired) electrons. The van der Waals surface area contributed by atoms with Gasteiger partial charge in [-0.15, -0.1) is 11.8 Å². The van der Waals surface area contributed by atoms with E-state index in [4.69, 9.17) is 10.5 Å². The van der Waals surface area contributed by atoms with Crippen LogP contribution in [0, 0.1) is 6.92 Å². The molecule has 1 atom stereocenters. The lowest BCUT2D eigenvalue weighted by molar-refractivity contribution is 0.259. The van der Waals surface area contributed by atoms with Crippen LogP contribution in [0.25, 0.3) is 0 Å². The second-order valence-corrected chi connectivity index (χ2v) is 6.31. The monoisotopic (exact) mass is 285 g/mol. The predicted octanol–water partition coefficient (Wildman–Crippen LogP) is 3.55. The average molecular weight is 285 g/mol. The highest BCUT2D eigenvalue weighted by atomic mass is 32.2. The molecule has 3 rings (SSSR count). The summed E-state index contributed by atoms with van der Waals surface area (Å²) >= 11 is 1.84. The summed E-state index contributed by atoms with van der Waals surface area (Å²) in [5.41, 5.74) is 9.50. The highest BCUT2D eigenvalue weighted by Gasteiger charge is 2.22. The van der Waals surface area contributed by atoms with Crippen LogP contribution in [0.4, 0.5) is 0 Å². The molecule has 0 fully saturated rings. The molecule has 2 N–H and O–H groups in total. The molecule has 0 amide bonds. The fraction of sp³-hybridized carbons (Fsp3) is 0.294. The molecule has 1 aliphatic rings. The minimum atomic E-state index is 0.276. The van der Waals surface area contributed by atoms with Crippen LogP contribution in [-0.2, 0) is 13.0 Å². The lowest BCUT2D eigenvalue weighted by Crippen LogP contribution is -2.15. The van der Waals surface area contributed by atoms with Gasteiger partial charge in [0.05, 0.1) is 0 Å². The lowest BCUT2D eigenvalue weighted by Gasteiger charge is -2.10. The Balaban J connectivity index is 1.60. The van der Waals surface area contributed by atoms with E-state index in [1.54, 1.807) is 0 Å². The van der Waals surface area contributed by atoms with Crippen molar-refractivity contribution in [3.63, 3.8) is 0 Å². The molecule has 0 saturated heterocycles. The van der Waals surface area contributed by atoms with Gasteiger partial charge in [0.2, 0.25) is 0 Å². The number of benzene rings is 2. The quantitative estimate of drug-likeness (QED) is 0.873. The number of thioether (sulfide) groups is 1. The molecule has 2 aromatic rings. The summed E-state index contributed by atoms with van der Waals surface area (Å²) in [5, 5.41) is 0. The summed E-state index contributed by atoms with van der Waals surface area (Å²) in [4.78, 5) is 1.27. The molecule has 2 aromatic carbocycles. The zero-order valence-corrected chi connectivity index (χ0v) is 12.5. The molecular formula is C17H19NOS. The van der Waals surface area contributed by atoms with Gasteiger partial charge in [-0.1, -0.05) is 29.8 Å². The summed E-state index contributed by atoms with van der Waals surface area (Å²) in [5.74, 6) is 2.03. The molecule has 2 nitrogen and oxygen atoms in total. The zero-order valence-electron chi connectivity index (χ0n) is 11.6. The number of hydrogen-bond acceptors (Lipinski definition) is 3. The van der Waals surface area contributed by atoms with Gasteiger partial charge in [0, 0.05) is 23.6 Å². The normalized spacial score (nSPS) is 16.8. The molecule has 3 heteroatoms. The molecule has 1 aliphatic heterocycles. The number of fused-ring (bicyclic) bond motifs is 1. The first-order valence-corrected chi connectivity index (χ1v) is 7.91. The highest BCUT2D eigenvalue weighted by molar-refractivity contribution is 7.99. The molecular weight excluding hydrogens is 266 g/mol. The molecule has 1 heterocycles. The Morgan fingerprint density at radius 3 is 3.00 bits per heavy atom. The first kappa shape index (κ1) is 13.5. The summed E-state index contributed by atoms with van der Waals surface area (Å²) in [6.45, 7) is 2.72. The molecule has 20 heavy (non-hydrogen) atoms. The third kappa shape index (κ3) is 3.00. The van der Waals surface area contributed by atoms with Crippen molar-refractivity contribution in [2.45, 2.75) is 30.9 Å². The first-order valence-electron chi connectivity index (χ1n) is 6.92. The first-order chi connectivity index (χ1) is 9.74. The van der Waals surface area contributed by atoms with E-state index >= 15 is 0 Å². The fourth-order valence-electron chi connectivity index (χ4n) is 2.49. The average Bonchev–Trinajstić information content (AvgIpc) is 2.87. The van der Waals surface area contributed by atoms with Crippen molar-refractivity contribution >= 4 is 11.8 Å². The second-order valence-electron chi connectivity index (χ2n) is 5.22. The van der Waals surface area contributed by atoms with Crippen LogP contribution in [0.2, 0.25) is 0 Å². The van der Waals surface area contributed by atoms with Crippen LogP contribution in [0.5, 0.6) is 5.75 Å². The number of ether oxygens (including phenoxy) is 1. The van der Waals surface area contributed by atoms with Crippen molar-refractivity contribution < 1.29 is 4.74 Å². The Labute approximate surface area is 124 Å². The molecule has 0 saturated carbocycles. The largest absolute Gasteiger partial charge is 0.489 e. The van der Waals surface area contributed by atoms with Crippen molar-refractivity contribution in [2.24, 2.45) is 5.73 Å². The van der Waals surface area contributed by atoms with E-state index in [1.807, 2.05) is 11.8 Å². The maximum atomic E-state index is 5.99. The Morgan fingerprint density at radius 2 is 2.15 bits per heavy atom. The van der Waals surface area contributed by atoms with E-state index in [9.17, 15) is 0 Å². The molecule has 104 valence electrons. The van der Waals surface area contributed by atoms with E-state index in [1.165, 1.54) is 21.6 Å². The van der Waals surface area contributed by atoms with E-state index < -0.39 is 0 Å². The van der Waals surface area contributed by atoms with Crippen LogP contribution in [-0.4, -0.2) is 11.9 Å². The molecule has 0 aromatic heterocycles. The maximum absolute atomic E-state index is 5.99. The maximum Gasteiger partial charge on any atom is 0.123 e. The standard InChI is InChI=1S/C17H19NOS/c1-12-5-6-17-14(7-12)9-15(19-17)11-20-16-4-2-3-13(8-16)10-18/h2-8,15H,9-11,18H2,1H3. The minimum absolute atomic E-state index is 0.276. The third-order valence-electron chi connectivity index (χ3n) is 3.53. The van der Waals surface area contributed by atoms with Crippen LogP contribution >= 0.6 is 11.8 Å². The number of rotatable bonds is 4. The smallest absolute Gasteiger partial charge is 0.123 e. The van der Waals surface area contributed by atoms with Gasteiger partial charge < -0.3 is 10.5 Å². The molecule has 0 spiro atoms. The van der Waals surface area contributed by atoms with Gasteiger partial charge >= 0.3 is 0 Å². The number of aryl methyl sites for hydroxylation is 1. The Kier molecular flexibility index (Phi) is 3.99. The van der Waals surface area contributed by atoms with Gasteiger partial charge in [-0.05, 0) is 36.2 Å². The second kappa shape index (κ2) is 5.90. The van der Waals surface area contributed by atoms with Crippen molar-refractivity contribution in [1.29, 1.82) is 0 Å². The van der Waals surface area contributed by atoms with Crippen molar-refractivity contribution in [3.05, 3.63) is 59.2 Å². The molecule has 0 aliphatic carbocycles. The fourth-order valence-corrected chi connectivity index (χ4v) is 3.47. The van der Waals surface area contributed by atoms with Gasteiger partial charge in [-0.25, -0.2) is 0 Å². The van der Waals surface area contributed by atoms with E-state index in [-0.39, 0.29) is 6.10 Å². The van der Waals surface area contributed by atoms with E-state index in [0.717, 1.165) is 17.9 Å². The van der Waals surface area contributed by atoms with Crippen molar-refractivity contribution in [3.8, 4) is 5.75 Å². The van der Waals surface area contributed by atoms with Crippen LogP contribution < -0.4 is 10.5 Å². The Morgan fingerprint density at radius 1 is 1.25 bits per heavy atom. The van der Waals surface area contributed by atoms with Gasteiger partial charge in [0.1, 0.15) is 11.9 Å². The van der Waals surface area contributed by atoms with Crippen LogP contribution in [0.1, 0.15) is 16.7 Å². The predicted molar refractivity (Wildman–Crippen MR) is 84.4 cm³/mol. The van der Waals surface area contributed by atoms with E-state index in [0.29, 0.717) is 6.54 Å². The van der Waals surface area contributed by atoms with Crippen LogP contribution in [0.3, 0.4) is 0 Å². The molecule has 0 bridgehead atoms. The number of nitrogens with two attached hydrogens (primary N) is 1. The third-order valence-corrected chi connectivity index (χ3v) is 4.65. The highest BCUT2D eigenvalue weighted by Crippen LogP contribution is 2.32.